The first-order valence-corrected chi connectivity index (χ1v) is 9.44. The second kappa shape index (κ2) is 6.04. The van der Waals surface area contributed by atoms with E-state index in [1.165, 1.54) is 6.07 Å². The molecule has 9 heteroatoms. The van der Waals surface area contributed by atoms with Crippen LogP contribution in [0.25, 0.3) is 0 Å². The summed E-state index contributed by atoms with van der Waals surface area (Å²) >= 11 is 9.08. The van der Waals surface area contributed by atoms with Crippen molar-refractivity contribution in [3.63, 3.8) is 0 Å². The molecule has 0 aliphatic carbocycles. The minimum Gasteiger partial charge on any atom is -0.379 e. The van der Waals surface area contributed by atoms with Gasteiger partial charge >= 0.3 is 0 Å². The lowest BCUT2D eigenvalue weighted by Gasteiger charge is -2.24. The summed E-state index contributed by atoms with van der Waals surface area (Å²) in [6.45, 7) is 2.81. The van der Waals surface area contributed by atoms with Gasteiger partial charge in [0.1, 0.15) is 0 Å². The molecule has 0 bridgehead atoms. The van der Waals surface area contributed by atoms with Crippen molar-refractivity contribution in [2.45, 2.75) is 23.8 Å². The Morgan fingerprint density at radius 1 is 1.48 bits per heavy atom. The summed E-state index contributed by atoms with van der Waals surface area (Å²) in [6.07, 6.45) is 0.674. The van der Waals surface area contributed by atoms with Gasteiger partial charge in [0.25, 0.3) is 15.0 Å². The molecule has 21 heavy (non-hydrogen) atoms. The molecule has 1 aliphatic rings. The SMILES string of the molecule is CC1(NC(=O)c2cc(S(=O)(=O)Cl)c(Br)cc2Cl)CCOC1. The molecule has 5 nitrogen and oxygen atoms in total. The Bertz CT molecular complexity index is 687. The van der Waals surface area contributed by atoms with E-state index in [0.717, 1.165) is 6.07 Å². The van der Waals surface area contributed by atoms with Crippen LogP contribution < -0.4 is 5.32 Å². The number of hydrogen-bond acceptors (Lipinski definition) is 4. The molecular weight excluding hydrogens is 405 g/mol. The van der Waals surface area contributed by atoms with Crippen molar-refractivity contribution < 1.29 is 17.9 Å². The number of hydrogen-bond donors (Lipinski definition) is 1. The van der Waals surface area contributed by atoms with Crippen molar-refractivity contribution in [3.05, 3.63) is 27.2 Å². The lowest BCUT2D eigenvalue weighted by atomic mass is 10.0. The molecule has 1 fully saturated rings. The molecule has 1 atom stereocenters. The highest BCUT2D eigenvalue weighted by atomic mass is 79.9. The number of halogens is 3. The van der Waals surface area contributed by atoms with E-state index >= 15 is 0 Å². The zero-order valence-corrected chi connectivity index (χ0v) is 14.9. The number of carbonyl (C=O) groups is 1. The van der Waals surface area contributed by atoms with Crippen molar-refractivity contribution in [2.24, 2.45) is 0 Å². The van der Waals surface area contributed by atoms with Gasteiger partial charge in [-0.1, -0.05) is 11.6 Å². The van der Waals surface area contributed by atoms with Crippen LogP contribution in [0.3, 0.4) is 0 Å². The van der Waals surface area contributed by atoms with Crippen LogP contribution in [0.1, 0.15) is 23.7 Å². The van der Waals surface area contributed by atoms with Gasteiger partial charge in [0.15, 0.2) is 0 Å². The van der Waals surface area contributed by atoms with Gasteiger partial charge in [-0.2, -0.15) is 0 Å². The third-order valence-electron chi connectivity index (χ3n) is 3.16. The minimum absolute atomic E-state index is 0.0483. The zero-order chi connectivity index (χ0) is 15.8. The topological polar surface area (TPSA) is 72.5 Å². The predicted octanol–water partition coefficient (Wildman–Crippen LogP) is 2.94. The fourth-order valence-electron chi connectivity index (χ4n) is 2.00. The van der Waals surface area contributed by atoms with Crippen LogP contribution in [-0.4, -0.2) is 33.1 Å². The fraction of sp³-hybridized carbons (Fsp3) is 0.417. The first-order chi connectivity index (χ1) is 9.62. The lowest BCUT2D eigenvalue weighted by molar-refractivity contribution is 0.0890. The normalized spacial score (nSPS) is 22.3. The monoisotopic (exact) mass is 415 g/mol. The van der Waals surface area contributed by atoms with E-state index in [1.54, 1.807) is 0 Å². The van der Waals surface area contributed by atoms with E-state index in [2.05, 4.69) is 21.2 Å². The van der Waals surface area contributed by atoms with Crippen LogP contribution in [0.2, 0.25) is 5.02 Å². The Morgan fingerprint density at radius 3 is 2.67 bits per heavy atom. The summed E-state index contributed by atoms with van der Waals surface area (Å²) in [5.41, 5.74) is -0.444. The quantitative estimate of drug-likeness (QED) is 0.768. The van der Waals surface area contributed by atoms with Gasteiger partial charge in [-0.15, -0.1) is 0 Å². The average Bonchev–Trinajstić information content (AvgIpc) is 2.73. The van der Waals surface area contributed by atoms with E-state index in [4.69, 9.17) is 27.0 Å². The number of amides is 1. The van der Waals surface area contributed by atoms with Crippen LogP contribution in [0.15, 0.2) is 21.5 Å². The summed E-state index contributed by atoms with van der Waals surface area (Å²) in [6, 6.07) is 2.49. The molecule has 0 saturated carbocycles. The summed E-state index contributed by atoms with van der Waals surface area (Å²) in [4.78, 5) is 12.1. The Kier molecular flexibility index (Phi) is 4.90. The van der Waals surface area contributed by atoms with Crippen LogP contribution >= 0.6 is 38.2 Å². The standard InChI is InChI=1S/C12H12BrCl2NO4S/c1-12(2-3-20-6-12)16-11(17)7-4-10(21(15,18)19)8(13)5-9(7)14/h4-5H,2-3,6H2,1H3,(H,16,17). The molecule has 0 aromatic heterocycles. The zero-order valence-electron chi connectivity index (χ0n) is 11.0. The maximum atomic E-state index is 12.3. The fourth-order valence-corrected chi connectivity index (χ4v) is 4.57. The average molecular weight is 417 g/mol. The smallest absolute Gasteiger partial charge is 0.262 e. The summed E-state index contributed by atoms with van der Waals surface area (Å²) < 4.78 is 28.4. The third kappa shape index (κ3) is 3.90. The van der Waals surface area contributed by atoms with Gasteiger partial charge in [0.05, 0.1) is 27.6 Å². The molecule has 1 aromatic rings. The van der Waals surface area contributed by atoms with Crippen molar-refractivity contribution in [3.8, 4) is 0 Å². The highest BCUT2D eigenvalue weighted by molar-refractivity contribution is 9.10. The summed E-state index contributed by atoms with van der Waals surface area (Å²) in [5, 5.41) is 2.94. The van der Waals surface area contributed by atoms with Crippen LogP contribution in [0.5, 0.6) is 0 Å². The molecule has 0 radical (unpaired) electrons. The first kappa shape index (κ1) is 17.0. The molecule has 1 unspecified atom stereocenters. The lowest BCUT2D eigenvalue weighted by Crippen LogP contribution is -2.46. The second-order valence-corrected chi connectivity index (χ2v) is 8.81. The molecule has 1 aliphatic heterocycles. The first-order valence-electron chi connectivity index (χ1n) is 5.96. The van der Waals surface area contributed by atoms with Crippen LogP contribution in [-0.2, 0) is 13.8 Å². The molecule has 1 N–H and O–H groups in total. The maximum Gasteiger partial charge on any atom is 0.262 e. The van der Waals surface area contributed by atoms with Crippen molar-refractivity contribution >= 4 is 53.2 Å². The van der Waals surface area contributed by atoms with E-state index in [9.17, 15) is 13.2 Å². The third-order valence-corrected chi connectivity index (χ3v) is 5.76. The number of nitrogens with one attached hydrogen (secondary N) is 1. The van der Waals surface area contributed by atoms with E-state index < -0.39 is 20.5 Å². The molecule has 0 spiro atoms. The Morgan fingerprint density at radius 2 is 2.14 bits per heavy atom. The Balaban J connectivity index is 2.37. The molecule has 1 saturated heterocycles. The number of ether oxygens (including phenoxy) is 1. The van der Waals surface area contributed by atoms with Crippen LogP contribution in [0, 0.1) is 0 Å². The number of benzene rings is 1. The van der Waals surface area contributed by atoms with Gasteiger partial charge < -0.3 is 10.1 Å². The van der Waals surface area contributed by atoms with Crippen LogP contribution in [0.4, 0.5) is 0 Å². The number of carbonyl (C=O) groups excluding carboxylic acids is 1. The Hall–Kier alpha value is -0.340. The van der Waals surface area contributed by atoms with Gasteiger partial charge in [0.2, 0.25) is 0 Å². The predicted molar refractivity (Wildman–Crippen MR) is 83.5 cm³/mol. The second-order valence-electron chi connectivity index (χ2n) is 5.02. The van der Waals surface area contributed by atoms with E-state index in [1.807, 2.05) is 6.92 Å². The highest BCUT2D eigenvalue weighted by Crippen LogP contribution is 2.31. The summed E-state index contributed by atoms with van der Waals surface area (Å²) in [7, 11) is 1.35. The van der Waals surface area contributed by atoms with Gasteiger partial charge in [-0.05, 0) is 41.4 Å². The van der Waals surface area contributed by atoms with Crippen molar-refractivity contribution in [2.75, 3.05) is 13.2 Å². The highest BCUT2D eigenvalue weighted by Gasteiger charge is 2.32. The minimum atomic E-state index is -3.99. The van der Waals surface area contributed by atoms with E-state index in [-0.39, 0.29) is 20.0 Å². The Labute approximate surface area is 140 Å². The molecule has 1 aromatic carbocycles. The molecule has 2 rings (SSSR count). The van der Waals surface area contributed by atoms with Gasteiger partial charge in [-0.25, -0.2) is 8.42 Å². The molecule has 116 valence electrons. The molecular formula is C12H12BrCl2NO4S. The van der Waals surface area contributed by atoms with Gasteiger partial charge in [-0.3, -0.25) is 4.79 Å². The summed E-state index contributed by atoms with van der Waals surface area (Å²) in [5.74, 6) is -0.470. The molecule has 1 amide bonds. The van der Waals surface area contributed by atoms with E-state index in [0.29, 0.717) is 19.6 Å². The largest absolute Gasteiger partial charge is 0.379 e. The number of rotatable bonds is 3. The van der Waals surface area contributed by atoms with Crippen molar-refractivity contribution in [1.82, 2.24) is 5.32 Å². The van der Waals surface area contributed by atoms with Crippen molar-refractivity contribution in [1.29, 1.82) is 0 Å². The van der Waals surface area contributed by atoms with Gasteiger partial charge in [0, 0.05) is 21.8 Å². The molecule has 1 heterocycles. The maximum absolute atomic E-state index is 12.3.